The van der Waals surface area contributed by atoms with Gasteiger partial charge in [0.25, 0.3) is 11.8 Å². The van der Waals surface area contributed by atoms with Crippen molar-refractivity contribution in [3.8, 4) is 5.75 Å². The van der Waals surface area contributed by atoms with Crippen molar-refractivity contribution in [3.63, 3.8) is 0 Å². The lowest BCUT2D eigenvalue weighted by Gasteiger charge is -2.30. The number of alkyl halides is 3. The highest BCUT2D eigenvalue weighted by molar-refractivity contribution is 6.17. The maximum atomic E-state index is 14.2. The average molecular weight is 419 g/mol. The molecule has 2 aromatic rings. The molecule has 1 aliphatic heterocycles. The van der Waals surface area contributed by atoms with E-state index in [4.69, 9.17) is 4.74 Å². The summed E-state index contributed by atoms with van der Waals surface area (Å²) in [4.78, 5) is 30.4. The molecule has 2 aromatic carbocycles. The molecular weight excluding hydrogens is 399 g/mol. The van der Waals surface area contributed by atoms with Crippen molar-refractivity contribution in [2.45, 2.75) is 31.7 Å². The number of halogens is 3. The molecule has 1 heterocycles. The van der Waals surface area contributed by atoms with Gasteiger partial charge in [0.1, 0.15) is 11.6 Å². The van der Waals surface area contributed by atoms with Gasteiger partial charge in [-0.05, 0) is 32.0 Å². The first-order chi connectivity index (χ1) is 14.1. The van der Waals surface area contributed by atoms with Crippen LogP contribution < -0.4 is 10.1 Å². The van der Waals surface area contributed by atoms with Crippen LogP contribution in [0.4, 0.5) is 13.2 Å². The Morgan fingerprint density at radius 3 is 2.37 bits per heavy atom. The SMILES string of the molecule is COc1cccc(C(=O)N[C@]2(C(F)(F)F)N=C(c3ccccc3)N(C(C)C)C2=O)c1. The van der Waals surface area contributed by atoms with Crippen LogP contribution in [0.15, 0.2) is 59.6 Å². The van der Waals surface area contributed by atoms with Crippen molar-refractivity contribution in [3.05, 3.63) is 65.7 Å². The maximum absolute atomic E-state index is 14.2. The fourth-order valence-electron chi connectivity index (χ4n) is 3.14. The maximum Gasteiger partial charge on any atom is 0.442 e. The summed E-state index contributed by atoms with van der Waals surface area (Å²) >= 11 is 0. The van der Waals surface area contributed by atoms with E-state index in [1.54, 1.807) is 50.2 Å². The first-order valence-corrected chi connectivity index (χ1v) is 9.13. The Labute approximate surface area is 171 Å². The minimum atomic E-state index is -5.16. The number of nitrogens with zero attached hydrogens (tertiary/aromatic N) is 2. The van der Waals surface area contributed by atoms with Gasteiger partial charge in [0.2, 0.25) is 0 Å². The van der Waals surface area contributed by atoms with Gasteiger partial charge in [-0.15, -0.1) is 0 Å². The molecule has 2 amide bonds. The molecule has 1 N–H and O–H groups in total. The number of benzene rings is 2. The Balaban J connectivity index is 2.11. The predicted octanol–water partition coefficient (Wildman–Crippen LogP) is 3.38. The summed E-state index contributed by atoms with van der Waals surface area (Å²) in [5.74, 6) is -2.32. The first kappa shape index (κ1) is 21.4. The van der Waals surface area contributed by atoms with Crippen LogP contribution in [-0.2, 0) is 4.79 Å². The number of amidine groups is 1. The number of hydrogen-bond acceptors (Lipinski definition) is 4. The van der Waals surface area contributed by atoms with E-state index in [2.05, 4.69) is 4.99 Å². The second kappa shape index (κ2) is 7.81. The van der Waals surface area contributed by atoms with Crippen molar-refractivity contribution in [1.29, 1.82) is 0 Å². The lowest BCUT2D eigenvalue weighted by atomic mass is 10.1. The lowest BCUT2D eigenvalue weighted by Crippen LogP contribution is -2.64. The molecule has 0 saturated heterocycles. The minimum Gasteiger partial charge on any atom is -0.497 e. The Morgan fingerprint density at radius 2 is 1.80 bits per heavy atom. The molecule has 0 saturated carbocycles. The molecule has 158 valence electrons. The molecular formula is C21H20F3N3O3. The molecule has 1 aliphatic rings. The number of carbonyl (C=O) groups excluding carboxylic acids is 2. The zero-order chi connectivity index (χ0) is 22.1. The number of hydrogen-bond donors (Lipinski definition) is 1. The summed E-state index contributed by atoms with van der Waals surface area (Å²) in [6, 6.07) is 13.1. The Kier molecular flexibility index (Phi) is 5.56. The van der Waals surface area contributed by atoms with E-state index in [9.17, 15) is 22.8 Å². The normalized spacial score (nSPS) is 19.1. The first-order valence-electron chi connectivity index (χ1n) is 9.13. The highest BCUT2D eigenvalue weighted by Crippen LogP contribution is 2.39. The summed E-state index contributed by atoms with van der Waals surface area (Å²) in [6.07, 6.45) is -5.16. The van der Waals surface area contributed by atoms with Gasteiger partial charge in [0.15, 0.2) is 0 Å². The summed E-state index contributed by atoms with van der Waals surface area (Å²) in [7, 11) is 1.37. The fraction of sp³-hybridized carbons (Fsp3) is 0.286. The molecule has 0 bridgehead atoms. The van der Waals surface area contributed by atoms with Crippen LogP contribution in [0.25, 0.3) is 0 Å². The van der Waals surface area contributed by atoms with E-state index in [0.29, 0.717) is 11.3 Å². The van der Waals surface area contributed by atoms with Crippen molar-refractivity contribution < 1.29 is 27.5 Å². The third-order valence-electron chi connectivity index (χ3n) is 4.62. The summed E-state index contributed by atoms with van der Waals surface area (Å²) in [5, 5.41) is 1.84. The van der Waals surface area contributed by atoms with Gasteiger partial charge in [0.05, 0.1) is 7.11 Å². The zero-order valence-electron chi connectivity index (χ0n) is 16.5. The van der Waals surface area contributed by atoms with Crippen molar-refractivity contribution in [1.82, 2.24) is 10.2 Å². The van der Waals surface area contributed by atoms with E-state index in [-0.39, 0.29) is 11.4 Å². The molecule has 3 rings (SSSR count). The third kappa shape index (κ3) is 3.62. The monoisotopic (exact) mass is 419 g/mol. The second-order valence-corrected chi connectivity index (χ2v) is 6.96. The van der Waals surface area contributed by atoms with Crippen LogP contribution in [0.1, 0.15) is 29.8 Å². The molecule has 30 heavy (non-hydrogen) atoms. The number of methoxy groups -OCH3 is 1. The van der Waals surface area contributed by atoms with Gasteiger partial charge in [-0.2, -0.15) is 13.2 Å². The summed E-state index contributed by atoms with van der Waals surface area (Å²) < 4.78 is 47.7. The molecule has 1 atom stereocenters. The second-order valence-electron chi connectivity index (χ2n) is 6.96. The quantitative estimate of drug-likeness (QED) is 0.808. The number of carbonyl (C=O) groups is 2. The highest BCUT2D eigenvalue weighted by atomic mass is 19.4. The van der Waals surface area contributed by atoms with Crippen LogP contribution in [0.3, 0.4) is 0 Å². The fourth-order valence-corrected chi connectivity index (χ4v) is 3.14. The standard InChI is InChI=1S/C21H20F3N3O3/c1-13(2)27-17(14-8-5-4-6-9-14)25-20(19(27)29,21(22,23)24)26-18(28)15-10-7-11-16(12-15)30-3/h4-13H,1-3H3,(H,26,28)/t20-/m1/s1. The predicted molar refractivity (Wildman–Crippen MR) is 104 cm³/mol. The molecule has 0 spiro atoms. The Bertz CT molecular complexity index is 990. The number of ether oxygens (including phenoxy) is 1. The molecule has 0 aromatic heterocycles. The molecule has 0 aliphatic carbocycles. The molecule has 6 nitrogen and oxygen atoms in total. The van der Waals surface area contributed by atoms with Crippen LogP contribution in [0.5, 0.6) is 5.75 Å². The highest BCUT2D eigenvalue weighted by Gasteiger charge is 2.67. The topological polar surface area (TPSA) is 71.0 Å². The largest absolute Gasteiger partial charge is 0.497 e. The van der Waals surface area contributed by atoms with Crippen molar-refractivity contribution in [2.75, 3.05) is 7.11 Å². The van der Waals surface area contributed by atoms with Gasteiger partial charge in [-0.1, -0.05) is 36.4 Å². The van der Waals surface area contributed by atoms with Crippen molar-refractivity contribution >= 4 is 17.6 Å². The lowest BCUT2D eigenvalue weighted by molar-refractivity contribution is -0.196. The van der Waals surface area contributed by atoms with Gasteiger partial charge < -0.3 is 10.1 Å². The van der Waals surface area contributed by atoms with Gasteiger partial charge in [0, 0.05) is 17.2 Å². The summed E-state index contributed by atoms with van der Waals surface area (Å²) in [5.41, 5.74) is -3.19. The molecule has 9 heteroatoms. The van der Waals surface area contributed by atoms with Crippen LogP contribution in [-0.4, -0.2) is 47.5 Å². The van der Waals surface area contributed by atoms with E-state index in [0.717, 1.165) is 4.90 Å². The molecule has 0 unspecified atom stereocenters. The molecule has 0 fully saturated rings. The van der Waals surface area contributed by atoms with Crippen LogP contribution in [0.2, 0.25) is 0 Å². The number of nitrogens with one attached hydrogen (secondary N) is 1. The van der Waals surface area contributed by atoms with Gasteiger partial charge >= 0.3 is 11.8 Å². The third-order valence-corrected chi connectivity index (χ3v) is 4.62. The average Bonchev–Trinajstić information content (AvgIpc) is 3.02. The van der Waals surface area contributed by atoms with E-state index < -0.39 is 29.7 Å². The van der Waals surface area contributed by atoms with Gasteiger partial charge in [-0.25, -0.2) is 4.99 Å². The van der Waals surface area contributed by atoms with E-state index in [1.165, 1.54) is 25.3 Å². The van der Waals surface area contributed by atoms with Crippen LogP contribution >= 0.6 is 0 Å². The van der Waals surface area contributed by atoms with E-state index >= 15 is 0 Å². The number of amides is 2. The van der Waals surface area contributed by atoms with Gasteiger partial charge in [-0.3, -0.25) is 14.5 Å². The van der Waals surface area contributed by atoms with E-state index in [1.807, 2.05) is 5.32 Å². The number of aliphatic imine (C=N–C) groups is 1. The molecule has 0 radical (unpaired) electrons. The minimum absolute atomic E-state index is 0.0924. The number of rotatable bonds is 5. The summed E-state index contributed by atoms with van der Waals surface area (Å²) in [6.45, 7) is 3.15. The zero-order valence-corrected chi connectivity index (χ0v) is 16.5. The smallest absolute Gasteiger partial charge is 0.442 e. The van der Waals surface area contributed by atoms with Crippen molar-refractivity contribution in [2.24, 2.45) is 4.99 Å². The van der Waals surface area contributed by atoms with Crippen LogP contribution in [0, 0.1) is 0 Å². The Morgan fingerprint density at radius 1 is 1.13 bits per heavy atom. The Hall–Kier alpha value is -3.36.